The summed E-state index contributed by atoms with van der Waals surface area (Å²) < 4.78 is 5.23. The summed E-state index contributed by atoms with van der Waals surface area (Å²) in [6.45, 7) is 0. The summed E-state index contributed by atoms with van der Waals surface area (Å²) in [5, 5.41) is 13.8. The van der Waals surface area contributed by atoms with Crippen LogP contribution in [0.15, 0.2) is 84.9 Å². The number of rotatable bonds is 1. The van der Waals surface area contributed by atoms with Gasteiger partial charge in [0.15, 0.2) is 0 Å². The summed E-state index contributed by atoms with van der Waals surface area (Å²) in [5.41, 5.74) is 0. The predicted octanol–water partition coefficient (Wildman–Crippen LogP) is 5.39. The van der Waals surface area contributed by atoms with Crippen LogP contribution in [-0.2, 0) is 0 Å². The summed E-state index contributed by atoms with van der Waals surface area (Å²) in [5.74, 6) is 1.26. The van der Waals surface area contributed by atoms with Crippen LogP contribution in [0.1, 0.15) is 0 Å². The fourth-order valence-corrected chi connectivity index (χ4v) is 2.55. The molecule has 0 aliphatic carbocycles. The van der Waals surface area contributed by atoms with Crippen molar-refractivity contribution in [2.24, 2.45) is 0 Å². The van der Waals surface area contributed by atoms with Gasteiger partial charge in [0.05, 0.1) is 7.11 Å². The minimum absolute atomic E-state index is 0.323. The van der Waals surface area contributed by atoms with Gasteiger partial charge in [-0.1, -0.05) is 66.7 Å². The molecule has 0 saturated heterocycles. The third-order valence-electron chi connectivity index (χ3n) is 3.70. The third kappa shape index (κ3) is 3.43. The molecule has 0 saturated carbocycles. The van der Waals surface area contributed by atoms with Crippen LogP contribution in [0.25, 0.3) is 21.5 Å². The molecule has 0 amide bonds. The zero-order valence-electron chi connectivity index (χ0n) is 12.9. The first-order valence-electron chi connectivity index (χ1n) is 7.47. The lowest BCUT2D eigenvalue weighted by Crippen LogP contribution is -1.83. The Bertz CT molecular complexity index is 923. The molecule has 0 unspecified atom stereocenters. The molecule has 1 N–H and O–H groups in total. The molecule has 2 nitrogen and oxygen atoms in total. The third-order valence-corrected chi connectivity index (χ3v) is 3.70. The monoisotopic (exact) mass is 302 g/mol. The van der Waals surface area contributed by atoms with Gasteiger partial charge in [-0.05, 0) is 34.4 Å². The standard InChI is InChI=1S/C11H10O.C10H8O/c1-12-11-8-4-6-9-5-2-3-7-10(9)11;11-10-6-5-8-3-1-2-4-9(8)7-10/h2-8H,1H3;1-7,11H. The van der Waals surface area contributed by atoms with E-state index in [2.05, 4.69) is 18.2 Å². The molecule has 0 spiro atoms. The Kier molecular flexibility index (Phi) is 4.44. The second-order valence-corrected chi connectivity index (χ2v) is 5.21. The maximum absolute atomic E-state index is 9.13. The van der Waals surface area contributed by atoms with Crippen molar-refractivity contribution in [1.82, 2.24) is 0 Å². The van der Waals surface area contributed by atoms with Crippen molar-refractivity contribution in [1.29, 1.82) is 0 Å². The molecule has 0 heterocycles. The molecule has 4 aromatic rings. The molecule has 0 fully saturated rings. The average molecular weight is 302 g/mol. The van der Waals surface area contributed by atoms with E-state index in [9.17, 15) is 0 Å². The van der Waals surface area contributed by atoms with E-state index in [-0.39, 0.29) is 0 Å². The molecule has 2 heteroatoms. The van der Waals surface area contributed by atoms with Crippen molar-refractivity contribution in [3.8, 4) is 11.5 Å². The molecule has 0 bridgehead atoms. The van der Waals surface area contributed by atoms with Crippen molar-refractivity contribution in [2.45, 2.75) is 0 Å². The van der Waals surface area contributed by atoms with E-state index in [1.165, 1.54) is 10.8 Å². The summed E-state index contributed by atoms with van der Waals surface area (Å²) in [4.78, 5) is 0. The summed E-state index contributed by atoms with van der Waals surface area (Å²) in [7, 11) is 1.70. The van der Waals surface area contributed by atoms with Gasteiger partial charge in [0.1, 0.15) is 11.5 Å². The van der Waals surface area contributed by atoms with Gasteiger partial charge >= 0.3 is 0 Å². The average Bonchev–Trinajstić information content (AvgIpc) is 2.61. The van der Waals surface area contributed by atoms with E-state index < -0.39 is 0 Å². The van der Waals surface area contributed by atoms with Crippen molar-refractivity contribution in [3.63, 3.8) is 0 Å². The fourth-order valence-electron chi connectivity index (χ4n) is 2.55. The van der Waals surface area contributed by atoms with E-state index in [0.717, 1.165) is 16.5 Å². The number of fused-ring (bicyclic) bond motifs is 2. The quantitative estimate of drug-likeness (QED) is 0.510. The summed E-state index contributed by atoms with van der Waals surface area (Å²) in [6, 6.07) is 27.6. The van der Waals surface area contributed by atoms with E-state index >= 15 is 0 Å². The molecule has 23 heavy (non-hydrogen) atoms. The van der Waals surface area contributed by atoms with E-state index in [4.69, 9.17) is 9.84 Å². The van der Waals surface area contributed by atoms with Crippen LogP contribution in [0.4, 0.5) is 0 Å². The zero-order valence-corrected chi connectivity index (χ0v) is 12.9. The molecule has 0 aliphatic rings. The lowest BCUT2D eigenvalue weighted by atomic mass is 10.1. The Labute approximate surface area is 135 Å². The fraction of sp³-hybridized carbons (Fsp3) is 0.0476. The summed E-state index contributed by atoms with van der Waals surface area (Å²) >= 11 is 0. The van der Waals surface area contributed by atoms with E-state index in [1.54, 1.807) is 19.2 Å². The van der Waals surface area contributed by atoms with Gasteiger partial charge in [-0.15, -0.1) is 0 Å². The highest BCUT2D eigenvalue weighted by atomic mass is 16.5. The van der Waals surface area contributed by atoms with Crippen LogP contribution >= 0.6 is 0 Å². The SMILES string of the molecule is COc1cccc2ccccc12.Oc1ccc2ccccc2c1. The molecule has 4 aromatic carbocycles. The minimum Gasteiger partial charge on any atom is -0.508 e. The first-order chi connectivity index (χ1) is 11.3. The Balaban J connectivity index is 0.000000136. The second-order valence-electron chi connectivity index (χ2n) is 5.21. The molecule has 0 aliphatic heterocycles. The lowest BCUT2D eigenvalue weighted by molar-refractivity contribution is 0.420. The van der Waals surface area contributed by atoms with Gasteiger partial charge in [-0.2, -0.15) is 0 Å². The number of methoxy groups -OCH3 is 1. The Morgan fingerprint density at radius 1 is 0.652 bits per heavy atom. The first kappa shape index (κ1) is 14.9. The normalized spacial score (nSPS) is 10.1. The van der Waals surface area contributed by atoms with Crippen LogP contribution in [0.2, 0.25) is 0 Å². The maximum atomic E-state index is 9.13. The minimum atomic E-state index is 0.323. The molecule has 114 valence electrons. The second kappa shape index (κ2) is 6.84. The number of benzene rings is 4. The molecule has 0 aromatic heterocycles. The molecular formula is C21H18O2. The van der Waals surface area contributed by atoms with Crippen molar-refractivity contribution >= 4 is 21.5 Å². The van der Waals surface area contributed by atoms with Gasteiger partial charge in [-0.25, -0.2) is 0 Å². The Hall–Kier alpha value is -3.00. The van der Waals surface area contributed by atoms with Crippen LogP contribution in [0, 0.1) is 0 Å². The highest BCUT2D eigenvalue weighted by Crippen LogP contribution is 2.24. The van der Waals surface area contributed by atoms with E-state index in [1.807, 2.05) is 54.6 Å². The number of phenols is 1. The Morgan fingerprint density at radius 2 is 1.30 bits per heavy atom. The zero-order chi connectivity index (χ0) is 16.1. The number of phenolic OH excluding ortho intramolecular Hbond substituents is 1. The van der Waals surface area contributed by atoms with Crippen molar-refractivity contribution in [2.75, 3.05) is 7.11 Å². The summed E-state index contributed by atoms with van der Waals surface area (Å²) in [6.07, 6.45) is 0. The molecule has 4 rings (SSSR count). The lowest BCUT2D eigenvalue weighted by Gasteiger charge is -2.03. The molecular weight excluding hydrogens is 284 g/mol. The van der Waals surface area contributed by atoms with Gasteiger partial charge < -0.3 is 9.84 Å². The molecule has 0 atom stereocenters. The first-order valence-corrected chi connectivity index (χ1v) is 7.47. The van der Waals surface area contributed by atoms with Crippen LogP contribution in [0.5, 0.6) is 11.5 Å². The van der Waals surface area contributed by atoms with Crippen LogP contribution in [0.3, 0.4) is 0 Å². The van der Waals surface area contributed by atoms with E-state index in [0.29, 0.717) is 5.75 Å². The largest absolute Gasteiger partial charge is 0.508 e. The Morgan fingerprint density at radius 3 is 2.09 bits per heavy atom. The number of aromatic hydroxyl groups is 1. The highest BCUT2D eigenvalue weighted by Gasteiger charge is 1.97. The predicted molar refractivity (Wildman–Crippen MR) is 96.1 cm³/mol. The molecule has 0 radical (unpaired) electrons. The van der Waals surface area contributed by atoms with Gasteiger partial charge in [0.25, 0.3) is 0 Å². The van der Waals surface area contributed by atoms with Crippen molar-refractivity contribution < 1.29 is 9.84 Å². The van der Waals surface area contributed by atoms with Gasteiger partial charge in [0.2, 0.25) is 0 Å². The van der Waals surface area contributed by atoms with Crippen molar-refractivity contribution in [3.05, 3.63) is 84.9 Å². The van der Waals surface area contributed by atoms with Gasteiger partial charge in [0, 0.05) is 5.39 Å². The topological polar surface area (TPSA) is 29.5 Å². The van der Waals surface area contributed by atoms with Crippen LogP contribution < -0.4 is 4.74 Å². The number of hydrogen-bond donors (Lipinski definition) is 1. The maximum Gasteiger partial charge on any atom is 0.126 e. The van der Waals surface area contributed by atoms with Crippen LogP contribution in [-0.4, -0.2) is 12.2 Å². The highest BCUT2D eigenvalue weighted by molar-refractivity contribution is 5.88. The number of ether oxygens (including phenoxy) is 1. The number of hydrogen-bond acceptors (Lipinski definition) is 2. The van der Waals surface area contributed by atoms with Gasteiger partial charge in [-0.3, -0.25) is 0 Å². The smallest absolute Gasteiger partial charge is 0.126 e.